The van der Waals surface area contributed by atoms with Gasteiger partial charge < -0.3 is 4.90 Å². The van der Waals surface area contributed by atoms with E-state index in [-0.39, 0.29) is 18.0 Å². The van der Waals surface area contributed by atoms with Crippen LogP contribution in [0.5, 0.6) is 0 Å². The Morgan fingerprint density at radius 1 is 1.21 bits per heavy atom. The Hall–Kier alpha value is -1.06. The number of halogens is 1. The number of carbonyl (C=O) groups excluding carboxylic acids is 1. The highest BCUT2D eigenvalue weighted by Gasteiger charge is 2.24. The van der Waals surface area contributed by atoms with Crippen molar-refractivity contribution in [3.63, 3.8) is 0 Å². The molecule has 0 saturated carbocycles. The normalized spacial score (nSPS) is 18.4. The summed E-state index contributed by atoms with van der Waals surface area (Å²) in [7, 11) is 0. The van der Waals surface area contributed by atoms with E-state index in [1.54, 1.807) is 0 Å². The van der Waals surface area contributed by atoms with Gasteiger partial charge in [0.25, 0.3) is 0 Å². The first kappa shape index (κ1) is 14.4. The van der Waals surface area contributed by atoms with E-state index in [0.29, 0.717) is 0 Å². The number of likely N-dealkylation sites (tertiary alicyclic amines) is 1. The number of carbonyl (C=O) groups is 1. The number of hydrogen-bond acceptors (Lipinski definition) is 2. The second-order valence-corrected chi connectivity index (χ2v) is 5.63. The zero-order valence-electron chi connectivity index (χ0n) is 11.5. The third-order valence-electron chi connectivity index (χ3n) is 3.66. The molecule has 1 saturated heterocycles. The Morgan fingerprint density at radius 3 is 2.37 bits per heavy atom. The maximum atomic E-state index is 12.2. The summed E-state index contributed by atoms with van der Waals surface area (Å²) in [6.07, 6.45) is 2.26. The van der Waals surface area contributed by atoms with E-state index in [2.05, 4.69) is 12.2 Å². The van der Waals surface area contributed by atoms with E-state index in [0.717, 1.165) is 36.5 Å². The molecule has 1 unspecified atom stereocenters. The molecule has 19 heavy (non-hydrogen) atoms. The fourth-order valence-corrected chi connectivity index (χ4v) is 2.63. The van der Waals surface area contributed by atoms with E-state index in [9.17, 15) is 4.79 Å². The molecule has 0 radical (unpaired) electrons. The maximum absolute atomic E-state index is 12.2. The van der Waals surface area contributed by atoms with Gasteiger partial charge >= 0.3 is 0 Å². The van der Waals surface area contributed by atoms with Crippen LogP contribution < -0.4 is 5.32 Å². The van der Waals surface area contributed by atoms with Gasteiger partial charge in [-0.15, -0.1) is 0 Å². The predicted molar refractivity (Wildman–Crippen MR) is 78.3 cm³/mol. The second-order valence-electron chi connectivity index (χ2n) is 5.19. The van der Waals surface area contributed by atoms with Crippen LogP contribution in [0.4, 0.5) is 0 Å². The van der Waals surface area contributed by atoms with Crippen molar-refractivity contribution in [2.45, 2.75) is 38.8 Å². The molecule has 0 bridgehead atoms. The van der Waals surface area contributed by atoms with Crippen molar-refractivity contribution in [2.24, 2.45) is 0 Å². The first-order valence-electron chi connectivity index (χ1n) is 6.88. The van der Waals surface area contributed by atoms with Gasteiger partial charge in [0.1, 0.15) is 0 Å². The summed E-state index contributed by atoms with van der Waals surface area (Å²) in [5, 5.41) is 4.09. The topological polar surface area (TPSA) is 32.3 Å². The third kappa shape index (κ3) is 3.71. The second kappa shape index (κ2) is 6.40. The van der Waals surface area contributed by atoms with Crippen LogP contribution in [0, 0.1) is 0 Å². The largest absolute Gasteiger partial charge is 0.341 e. The zero-order valence-corrected chi connectivity index (χ0v) is 12.3. The number of nitrogens with one attached hydrogen (secondary N) is 1. The van der Waals surface area contributed by atoms with Crippen LogP contribution in [0.1, 0.15) is 38.3 Å². The van der Waals surface area contributed by atoms with Crippen molar-refractivity contribution in [1.29, 1.82) is 0 Å². The lowest BCUT2D eigenvalue weighted by molar-refractivity contribution is -0.132. The molecule has 1 heterocycles. The van der Waals surface area contributed by atoms with E-state index < -0.39 is 0 Å². The van der Waals surface area contributed by atoms with E-state index >= 15 is 0 Å². The molecular weight excluding hydrogens is 260 g/mol. The molecule has 2 atom stereocenters. The van der Waals surface area contributed by atoms with E-state index in [1.807, 2.05) is 36.1 Å². The van der Waals surface area contributed by atoms with Crippen LogP contribution in [0.2, 0.25) is 5.02 Å². The molecule has 4 heteroatoms. The van der Waals surface area contributed by atoms with Crippen LogP contribution >= 0.6 is 11.6 Å². The van der Waals surface area contributed by atoms with Crippen LogP contribution in [0.25, 0.3) is 0 Å². The van der Waals surface area contributed by atoms with Gasteiger partial charge in [-0.2, -0.15) is 0 Å². The number of rotatable bonds is 4. The Morgan fingerprint density at radius 2 is 1.79 bits per heavy atom. The van der Waals surface area contributed by atoms with Crippen molar-refractivity contribution in [3.8, 4) is 0 Å². The number of nitrogens with zero attached hydrogens (tertiary/aromatic N) is 1. The molecule has 1 aliphatic heterocycles. The SMILES string of the molecule is CC(N[C@H](C)c1ccc(Cl)cc1)C(=O)N1CCCC1. The fraction of sp³-hybridized carbons (Fsp3) is 0.533. The average molecular weight is 281 g/mol. The monoisotopic (exact) mass is 280 g/mol. The summed E-state index contributed by atoms with van der Waals surface area (Å²) in [6, 6.07) is 7.73. The summed E-state index contributed by atoms with van der Waals surface area (Å²) in [6.45, 7) is 5.81. The predicted octanol–water partition coefficient (Wildman–Crippen LogP) is 3.00. The van der Waals surface area contributed by atoms with Crippen molar-refractivity contribution >= 4 is 17.5 Å². The molecule has 2 rings (SSSR count). The first-order valence-corrected chi connectivity index (χ1v) is 7.26. The van der Waals surface area contributed by atoms with Gasteiger partial charge in [-0.25, -0.2) is 0 Å². The van der Waals surface area contributed by atoms with Gasteiger partial charge in [-0.3, -0.25) is 10.1 Å². The molecule has 0 aromatic heterocycles. The van der Waals surface area contributed by atoms with Crippen LogP contribution in [-0.2, 0) is 4.79 Å². The van der Waals surface area contributed by atoms with E-state index in [4.69, 9.17) is 11.6 Å². The number of hydrogen-bond donors (Lipinski definition) is 1. The Balaban J connectivity index is 1.92. The molecule has 1 aliphatic rings. The van der Waals surface area contributed by atoms with Crippen molar-refractivity contribution < 1.29 is 4.79 Å². The standard InChI is InChI=1S/C15H21ClN2O/c1-11(13-5-7-14(16)8-6-13)17-12(2)15(19)18-9-3-4-10-18/h5-8,11-12,17H,3-4,9-10H2,1-2H3/t11-,12?/m1/s1. The molecule has 104 valence electrons. The van der Waals surface area contributed by atoms with Crippen LogP contribution in [0.15, 0.2) is 24.3 Å². The average Bonchev–Trinajstić information content (AvgIpc) is 2.92. The summed E-state index contributed by atoms with van der Waals surface area (Å²) in [5.41, 5.74) is 1.14. The van der Waals surface area contributed by atoms with Gasteiger partial charge in [-0.05, 0) is 44.4 Å². The Labute approximate surface area is 119 Å². The van der Waals surface area contributed by atoms with Gasteiger partial charge in [0.05, 0.1) is 6.04 Å². The Kier molecular flexibility index (Phi) is 4.83. The van der Waals surface area contributed by atoms with E-state index in [1.165, 1.54) is 0 Å². The van der Waals surface area contributed by atoms with Crippen molar-refractivity contribution in [3.05, 3.63) is 34.9 Å². The fourth-order valence-electron chi connectivity index (χ4n) is 2.51. The first-order chi connectivity index (χ1) is 9.08. The quantitative estimate of drug-likeness (QED) is 0.920. The number of benzene rings is 1. The summed E-state index contributed by atoms with van der Waals surface area (Å²) < 4.78 is 0. The van der Waals surface area contributed by atoms with Crippen LogP contribution in [0.3, 0.4) is 0 Å². The van der Waals surface area contributed by atoms with Crippen molar-refractivity contribution in [2.75, 3.05) is 13.1 Å². The lowest BCUT2D eigenvalue weighted by Crippen LogP contribution is -2.44. The highest BCUT2D eigenvalue weighted by molar-refractivity contribution is 6.30. The summed E-state index contributed by atoms with van der Waals surface area (Å²) in [4.78, 5) is 14.2. The molecular formula is C15H21ClN2O. The lowest BCUT2D eigenvalue weighted by atomic mass is 10.1. The van der Waals surface area contributed by atoms with Crippen molar-refractivity contribution in [1.82, 2.24) is 10.2 Å². The molecule has 1 amide bonds. The van der Waals surface area contributed by atoms with Gasteiger partial charge in [0.15, 0.2) is 0 Å². The number of amides is 1. The van der Waals surface area contributed by atoms with Crippen LogP contribution in [-0.4, -0.2) is 29.9 Å². The van der Waals surface area contributed by atoms with Gasteiger partial charge in [0, 0.05) is 24.2 Å². The molecule has 0 spiro atoms. The summed E-state index contributed by atoms with van der Waals surface area (Å²) in [5.74, 6) is 0.207. The highest BCUT2D eigenvalue weighted by atomic mass is 35.5. The minimum Gasteiger partial charge on any atom is -0.341 e. The van der Waals surface area contributed by atoms with Gasteiger partial charge in [-0.1, -0.05) is 23.7 Å². The minimum atomic E-state index is -0.149. The third-order valence-corrected chi connectivity index (χ3v) is 3.91. The highest BCUT2D eigenvalue weighted by Crippen LogP contribution is 2.17. The maximum Gasteiger partial charge on any atom is 0.239 e. The molecule has 3 nitrogen and oxygen atoms in total. The van der Waals surface area contributed by atoms with Gasteiger partial charge in [0.2, 0.25) is 5.91 Å². The lowest BCUT2D eigenvalue weighted by Gasteiger charge is -2.24. The molecule has 1 aromatic carbocycles. The summed E-state index contributed by atoms with van der Waals surface area (Å²) >= 11 is 5.88. The molecule has 1 N–H and O–H groups in total. The molecule has 1 aromatic rings. The smallest absolute Gasteiger partial charge is 0.239 e. The molecule has 1 fully saturated rings. The molecule has 0 aliphatic carbocycles. The minimum absolute atomic E-state index is 0.138. The zero-order chi connectivity index (χ0) is 13.8. The Bertz CT molecular complexity index is 426.